The molecule has 0 bridgehead atoms. The van der Waals surface area contributed by atoms with Gasteiger partial charge in [-0.25, -0.2) is 0 Å². The van der Waals surface area contributed by atoms with Crippen molar-refractivity contribution in [2.24, 2.45) is 10.7 Å². The van der Waals surface area contributed by atoms with Gasteiger partial charge in [0.1, 0.15) is 0 Å². The summed E-state index contributed by atoms with van der Waals surface area (Å²) in [6.07, 6.45) is 0. The van der Waals surface area contributed by atoms with Crippen LogP contribution in [0.25, 0.3) is 0 Å². The Labute approximate surface area is 94.2 Å². The lowest BCUT2D eigenvalue weighted by Gasteiger charge is -2.21. The summed E-state index contributed by atoms with van der Waals surface area (Å²) in [7, 11) is 3.41. The van der Waals surface area contributed by atoms with E-state index in [2.05, 4.69) is 4.99 Å². The zero-order chi connectivity index (χ0) is 11.7. The molecule has 0 spiro atoms. The molecule has 1 atom stereocenters. The highest BCUT2D eigenvalue weighted by atomic mass is 16.5. The number of likely N-dealkylation sites (N-methyl/N-ethyl adjacent to an activating group) is 1. The van der Waals surface area contributed by atoms with Gasteiger partial charge in [0.05, 0.1) is 19.7 Å². The highest BCUT2D eigenvalue weighted by Crippen LogP contribution is 2.32. The van der Waals surface area contributed by atoms with Gasteiger partial charge >= 0.3 is 0 Å². The van der Waals surface area contributed by atoms with Crippen LogP contribution in [-0.2, 0) is 0 Å². The van der Waals surface area contributed by atoms with Crippen LogP contribution in [0.1, 0.15) is 11.6 Å². The van der Waals surface area contributed by atoms with Crippen LogP contribution < -0.4 is 10.5 Å². The Kier molecular flexibility index (Phi) is 2.60. The molecule has 0 saturated carbocycles. The number of guanidine groups is 1. The molecule has 2 rings (SSSR count). The van der Waals surface area contributed by atoms with Crippen molar-refractivity contribution in [1.82, 2.24) is 4.90 Å². The van der Waals surface area contributed by atoms with Gasteiger partial charge in [-0.15, -0.1) is 0 Å². The monoisotopic (exact) mass is 221 g/mol. The predicted molar refractivity (Wildman–Crippen MR) is 61.7 cm³/mol. The number of nitrogens with zero attached hydrogens (tertiary/aromatic N) is 2. The standard InChI is InChI=1S/C11H15N3O2/c1-14-8(6-13-11(14)12)7-3-4-10(16-2)9(15)5-7/h3-5,8,15H,6H2,1-2H3,(H2,12,13). The average molecular weight is 221 g/mol. The molecule has 1 unspecified atom stereocenters. The Bertz CT molecular complexity index is 431. The Balaban J connectivity index is 2.26. The largest absolute Gasteiger partial charge is 0.504 e. The lowest BCUT2D eigenvalue weighted by molar-refractivity contribution is 0.369. The summed E-state index contributed by atoms with van der Waals surface area (Å²) in [5.41, 5.74) is 6.67. The molecular formula is C11H15N3O2. The van der Waals surface area contributed by atoms with E-state index in [4.69, 9.17) is 10.5 Å². The minimum atomic E-state index is 0.0943. The smallest absolute Gasteiger partial charge is 0.191 e. The fourth-order valence-corrected chi connectivity index (χ4v) is 1.82. The first-order valence-electron chi connectivity index (χ1n) is 5.03. The van der Waals surface area contributed by atoms with E-state index in [9.17, 15) is 5.11 Å². The van der Waals surface area contributed by atoms with Crippen LogP contribution in [0.5, 0.6) is 11.5 Å². The van der Waals surface area contributed by atoms with E-state index in [1.54, 1.807) is 12.1 Å². The third-order valence-corrected chi connectivity index (χ3v) is 2.84. The quantitative estimate of drug-likeness (QED) is 0.771. The van der Waals surface area contributed by atoms with Crippen LogP contribution in [0.3, 0.4) is 0 Å². The fourth-order valence-electron chi connectivity index (χ4n) is 1.82. The van der Waals surface area contributed by atoms with E-state index < -0.39 is 0 Å². The number of aromatic hydroxyl groups is 1. The number of benzene rings is 1. The summed E-state index contributed by atoms with van der Waals surface area (Å²) < 4.78 is 4.99. The van der Waals surface area contributed by atoms with Crippen LogP contribution in [0.4, 0.5) is 0 Å². The van der Waals surface area contributed by atoms with Crippen LogP contribution in [0, 0.1) is 0 Å². The Morgan fingerprint density at radius 2 is 2.31 bits per heavy atom. The number of methoxy groups -OCH3 is 1. The predicted octanol–water partition coefficient (Wildman–Crippen LogP) is 0.702. The maximum atomic E-state index is 9.69. The molecule has 0 fully saturated rings. The Morgan fingerprint density at radius 1 is 1.56 bits per heavy atom. The summed E-state index contributed by atoms with van der Waals surface area (Å²) in [6.45, 7) is 0.619. The first-order chi connectivity index (χ1) is 7.63. The van der Waals surface area contributed by atoms with E-state index in [-0.39, 0.29) is 11.8 Å². The number of ether oxygens (including phenoxy) is 1. The second-order valence-corrected chi connectivity index (χ2v) is 3.76. The van der Waals surface area contributed by atoms with Gasteiger partial charge in [0.2, 0.25) is 0 Å². The number of hydrogen-bond donors (Lipinski definition) is 2. The number of phenolic OH excluding ortho intramolecular Hbond substituents is 1. The number of rotatable bonds is 2. The number of nitrogens with two attached hydrogens (primary N) is 1. The van der Waals surface area contributed by atoms with Crippen molar-refractivity contribution in [1.29, 1.82) is 0 Å². The van der Waals surface area contributed by atoms with E-state index in [0.29, 0.717) is 18.3 Å². The van der Waals surface area contributed by atoms with Crippen molar-refractivity contribution < 1.29 is 9.84 Å². The van der Waals surface area contributed by atoms with Gasteiger partial charge in [-0.05, 0) is 17.7 Å². The summed E-state index contributed by atoms with van der Waals surface area (Å²) in [6, 6.07) is 5.44. The molecule has 0 aliphatic carbocycles. The third kappa shape index (κ3) is 1.64. The fraction of sp³-hybridized carbons (Fsp3) is 0.364. The molecule has 86 valence electrons. The summed E-state index contributed by atoms with van der Waals surface area (Å²) in [4.78, 5) is 6.04. The summed E-state index contributed by atoms with van der Waals surface area (Å²) >= 11 is 0. The van der Waals surface area contributed by atoms with Crippen LogP contribution in [0.15, 0.2) is 23.2 Å². The van der Waals surface area contributed by atoms with Crippen molar-refractivity contribution in [3.8, 4) is 11.5 Å². The minimum Gasteiger partial charge on any atom is -0.504 e. The lowest BCUT2D eigenvalue weighted by atomic mass is 10.1. The Morgan fingerprint density at radius 3 is 2.81 bits per heavy atom. The van der Waals surface area contributed by atoms with Crippen LogP contribution in [0.2, 0.25) is 0 Å². The molecule has 0 aromatic heterocycles. The molecule has 1 heterocycles. The molecule has 3 N–H and O–H groups in total. The van der Waals surface area contributed by atoms with Crippen LogP contribution in [-0.4, -0.2) is 36.7 Å². The van der Waals surface area contributed by atoms with Gasteiger partial charge in [0.15, 0.2) is 17.5 Å². The van der Waals surface area contributed by atoms with Gasteiger partial charge in [-0.1, -0.05) is 6.07 Å². The molecule has 1 aliphatic heterocycles. The zero-order valence-corrected chi connectivity index (χ0v) is 9.34. The molecule has 16 heavy (non-hydrogen) atoms. The number of hydrogen-bond acceptors (Lipinski definition) is 5. The van der Waals surface area contributed by atoms with Gasteiger partial charge < -0.3 is 20.5 Å². The molecule has 5 nitrogen and oxygen atoms in total. The van der Waals surface area contributed by atoms with Gasteiger partial charge in [-0.3, -0.25) is 4.99 Å². The summed E-state index contributed by atoms with van der Waals surface area (Å²) in [5.74, 6) is 1.14. The normalized spacial score (nSPS) is 19.8. The zero-order valence-electron chi connectivity index (χ0n) is 9.34. The minimum absolute atomic E-state index is 0.0943. The van der Waals surface area contributed by atoms with E-state index >= 15 is 0 Å². The number of aliphatic imine (C=N–C) groups is 1. The molecule has 0 amide bonds. The second kappa shape index (κ2) is 3.92. The van der Waals surface area contributed by atoms with E-state index in [1.165, 1.54) is 7.11 Å². The SMILES string of the molecule is COc1ccc(C2CN=C(N)N2C)cc1O. The molecule has 0 saturated heterocycles. The molecule has 5 heteroatoms. The van der Waals surface area contributed by atoms with E-state index in [1.807, 2.05) is 18.0 Å². The number of phenols is 1. The maximum Gasteiger partial charge on any atom is 0.191 e. The van der Waals surface area contributed by atoms with Gasteiger partial charge in [0, 0.05) is 7.05 Å². The first-order valence-corrected chi connectivity index (χ1v) is 5.03. The van der Waals surface area contributed by atoms with Crippen LogP contribution >= 0.6 is 0 Å². The van der Waals surface area contributed by atoms with Crippen molar-refractivity contribution in [3.63, 3.8) is 0 Å². The first kappa shape index (κ1) is 10.6. The molecule has 0 radical (unpaired) electrons. The Hall–Kier alpha value is -1.91. The highest BCUT2D eigenvalue weighted by Gasteiger charge is 2.24. The third-order valence-electron chi connectivity index (χ3n) is 2.84. The van der Waals surface area contributed by atoms with Crippen molar-refractivity contribution in [3.05, 3.63) is 23.8 Å². The average Bonchev–Trinajstić information content (AvgIpc) is 2.60. The molecular weight excluding hydrogens is 206 g/mol. The van der Waals surface area contributed by atoms with Crippen molar-refractivity contribution >= 4 is 5.96 Å². The highest BCUT2D eigenvalue weighted by molar-refractivity contribution is 5.80. The van der Waals surface area contributed by atoms with E-state index in [0.717, 1.165) is 5.56 Å². The van der Waals surface area contributed by atoms with Gasteiger partial charge in [0.25, 0.3) is 0 Å². The topological polar surface area (TPSA) is 71.1 Å². The second-order valence-electron chi connectivity index (χ2n) is 3.76. The van der Waals surface area contributed by atoms with Crippen molar-refractivity contribution in [2.75, 3.05) is 20.7 Å². The summed E-state index contributed by atoms with van der Waals surface area (Å²) in [5, 5.41) is 9.69. The van der Waals surface area contributed by atoms with Crippen molar-refractivity contribution in [2.45, 2.75) is 6.04 Å². The molecule has 1 aromatic carbocycles. The molecule has 1 aliphatic rings. The molecule has 1 aromatic rings. The lowest BCUT2D eigenvalue weighted by Crippen LogP contribution is -2.32. The van der Waals surface area contributed by atoms with Gasteiger partial charge in [-0.2, -0.15) is 0 Å². The maximum absolute atomic E-state index is 9.69.